The molecule has 0 bridgehead atoms. The summed E-state index contributed by atoms with van der Waals surface area (Å²) in [6, 6.07) is 4.47. The lowest BCUT2D eigenvalue weighted by molar-refractivity contribution is 0.0878. The first kappa shape index (κ1) is 12.9. The predicted octanol–water partition coefficient (Wildman–Crippen LogP) is 0.138. The smallest absolute Gasteiger partial charge is 0.261 e. The Bertz CT molecular complexity index is 793. The summed E-state index contributed by atoms with van der Waals surface area (Å²) in [6.07, 6.45) is 1.36. The van der Waals surface area contributed by atoms with Gasteiger partial charge in [-0.05, 0) is 18.2 Å². The highest BCUT2D eigenvalue weighted by Gasteiger charge is 2.27. The number of anilines is 2. The van der Waals surface area contributed by atoms with E-state index in [2.05, 4.69) is 15.7 Å². The zero-order chi connectivity index (χ0) is 15.1. The highest BCUT2D eigenvalue weighted by atomic mass is 16.2. The first-order valence-electron chi connectivity index (χ1n) is 6.06. The lowest BCUT2D eigenvalue weighted by Crippen LogP contribution is -2.19. The van der Waals surface area contributed by atoms with Gasteiger partial charge in [-0.3, -0.25) is 24.4 Å². The van der Waals surface area contributed by atoms with E-state index in [0.29, 0.717) is 11.3 Å². The van der Waals surface area contributed by atoms with Crippen LogP contribution in [0.15, 0.2) is 24.4 Å². The van der Waals surface area contributed by atoms with Gasteiger partial charge in [0, 0.05) is 12.7 Å². The van der Waals surface area contributed by atoms with Crippen molar-refractivity contribution < 1.29 is 14.4 Å². The molecule has 2 aromatic rings. The molecule has 0 saturated carbocycles. The standard InChI is InChI=1S/C13H11N5O3/c1-18-10(14)9(5-15-18)13(21)16-6-2-3-7-8(4-6)12(20)17-11(7)19/h2-5H,14H2,1H3,(H,16,21)(H,17,19,20). The number of nitrogen functional groups attached to an aromatic ring is 1. The number of aryl methyl sites for hydroxylation is 1. The molecule has 4 N–H and O–H groups in total. The van der Waals surface area contributed by atoms with Gasteiger partial charge in [-0.2, -0.15) is 5.10 Å². The van der Waals surface area contributed by atoms with E-state index in [1.165, 1.54) is 23.0 Å². The summed E-state index contributed by atoms with van der Waals surface area (Å²) in [5.74, 6) is -1.12. The number of hydrogen-bond donors (Lipinski definition) is 3. The third-order valence-corrected chi connectivity index (χ3v) is 3.22. The van der Waals surface area contributed by atoms with Crippen molar-refractivity contribution >= 4 is 29.2 Å². The zero-order valence-corrected chi connectivity index (χ0v) is 11.0. The molecule has 2 heterocycles. The van der Waals surface area contributed by atoms with Gasteiger partial charge in [0.1, 0.15) is 11.4 Å². The number of nitrogens with two attached hydrogens (primary N) is 1. The van der Waals surface area contributed by atoms with Crippen molar-refractivity contribution in [1.29, 1.82) is 0 Å². The Kier molecular flexibility index (Phi) is 2.72. The van der Waals surface area contributed by atoms with E-state index in [1.54, 1.807) is 13.1 Å². The highest BCUT2D eigenvalue weighted by Crippen LogP contribution is 2.21. The van der Waals surface area contributed by atoms with Crippen molar-refractivity contribution in [1.82, 2.24) is 15.1 Å². The van der Waals surface area contributed by atoms with Crippen LogP contribution in [-0.2, 0) is 7.05 Å². The van der Waals surface area contributed by atoms with E-state index in [1.807, 2.05) is 0 Å². The van der Waals surface area contributed by atoms with Gasteiger partial charge in [0.15, 0.2) is 0 Å². The van der Waals surface area contributed by atoms with Crippen LogP contribution in [0.3, 0.4) is 0 Å². The van der Waals surface area contributed by atoms with Gasteiger partial charge in [-0.15, -0.1) is 0 Å². The number of nitrogens with zero attached hydrogens (tertiary/aromatic N) is 2. The van der Waals surface area contributed by atoms with Crippen LogP contribution in [0.2, 0.25) is 0 Å². The van der Waals surface area contributed by atoms with Crippen LogP contribution >= 0.6 is 0 Å². The Morgan fingerprint density at radius 1 is 1.29 bits per heavy atom. The normalized spacial score (nSPS) is 13.0. The Morgan fingerprint density at radius 2 is 2.00 bits per heavy atom. The Hall–Kier alpha value is -3.16. The van der Waals surface area contributed by atoms with Crippen molar-refractivity contribution in [3.05, 3.63) is 41.1 Å². The monoisotopic (exact) mass is 285 g/mol. The van der Waals surface area contributed by atoms with E-state index < -0.39 is 17.7 Å². The van der Waals surface area contributed by atoms with Crippen LogP contribution in [0.25, 0.3) is 0 Å². The molecule has 1 aromatic heterocycles. The third kappa shape index (κ3) is 2.02. The number of nitrogens with one attached hydrogen (secondary N) is 2. The number of rotatable bonds is 2. The molecule has 0 fully saturated rings. The number of imide groups is 1. The number of aromatic nitrogens is 2. The van der Waals surface area contributed by atoms with Crippen molar-refractivity contribution in [2.45, 2.75) is 0 Å². The van der Waals surface area contributed by atoms with E-state index in [-0.39, 0.29) is 16.9 Å². The molecular weight excluding hydrogens is 274 g/mol. The summed E-state index contributed by atoms with van der Waals surface area (Å²) in [4.78, 5) is 35.1. The summed E-state index contributed by atoms with van der Waals surface area (Å²) in [5, 5.41) is 8.68. The van der Waals surface area contributed by atoms with Crippen LogP contribution < -0.4 is 16.4 Å². The molecule has 1 aliphatic rings. The van der Waals surface area contributed by atoms with Crippen molar-refractivity contribution in [3.8, 4) is 0 Å². The molecular formula is C13H11N5O3. The number of carbonyl (C=O) groups is 3. The fourth-order valence-corrected chi connectivity index (χ4v) is 2.07. The molecule has 0 aliphatic carbocycles. The summed E-state index contributed by atoms with van der Waals surface area (Å²) < 4.78 is 1.38. The molecule has 3 rings (SSSR count). The largest absolute Gasteiger partial charge is 0.383 e. The molecule has 3 amide bonds. The molecule has 0 spiro atoms. The minimum Gasteiger partial charge on any atom is -0.383 e. The average molecular weight is 285 g/mol. The van der Waals surface area contributed by atoms with Gasteiger partial charge >= 0.3 is 0 Å². The molecule has 1 aromatic carbocycles. The van der Waals surface area contributed by atoms with Crippen LogP contribution in [0.4, 0.5) is 11.5 Å². The van der Waals surface area contributed by atoms with E-state index in [4.69, 9.17) is 5.73 Å². The van der Waals surface area contributed by atoms with Gasteiger partial charge in [-0.25, -0.2) is 0 Å². The number of benzene rings is 1. The molecule has 1 aliphatic heterocycles. The molecule has 8 heteroatoms. The van der Waals surface area contributed by atoms with E-state index in [9.17, 15) is 14.4 Å². The van der Waals surface area contributed by atoms with Crippen LogP contribution in [0, 0.1) is 0 Å². The van der Waals surface area contributed by atoms with Gasteiger partial charge in [0.25, 0.3) is 17.7 Å². The van der Waals surface area contributed by atoms with Gasteiger partial charge < -0.3 is 11.1 Å². The second-order valence-electron chi connectivity index (χ2n) is 4.56. The van der Waals surface area contributed by atoms with E-state index in [0.717, 1.165) is 0 Å². The molecule has 21 heavy (non-hydrogen) atoms. The first-order chi connectivity index (χ1) is 9.97. The van der Waals surface area contributed by atoms with Crippen molar-refractivity contribution in [2.75, 3.05) is 11.1 Å². The topological polar surface area (TPSA) is 119 Å². The number of amides is 3. The minimum atomic E-state index is -0.480. The van der Waals surface area contributed by atoms with Crippen LogP contribution in [0.5, 0.6) is 0 Å². The number of carbonyl (C=O) groups excluding carboxylic acids is 3. The van der Waals surface area contributed by atoms with Gasteiger partial charge in [0.2, 0.25) is 0 Å². The Balaban J connectivity index is 1.88. The van der Waals surface area contributed by atoms with E-state index >= 15 is 0 Å². The fraction of sp³-hybridized carbons (Fsp3) is 0.0769. The second kappa shape index (κ2) is 4.44. The van der Waals surface area contributed by atoms with Crippen LogP contribution in [-0.4, -0.2) is 27.5 Å². The zero-order valence-electron chi connectivity index (χ0n) is 11.0. The van der Waals surface area contributed by atoms with Gasteiger partial charge in [0.05, 0.1) is 17.3 Å². The van der Waals surface area contributed by atoms with Crippen molar-refractivity contribution in [2.24, 2.45) is 7.05 Å². The van der Waals surface area contributed by atoms with Crippen LogP contribution in [0.1, 0.15) is 31.1 Å². The summed E-state index contributed by atoms with van der Waals surface area (Å²) in [6.45, 7) is 0. The molecule has 0 unspecified atom stereocenters. The maximum Gasteiger partial charge on any atom is 0.261 e. The highest BCUT2D eigenvalue weighted by molar-refractivity contribution is 6.22. The fourth-order valence-electron chi connectivity index (χ4n) is 2.07. The SMILES string of the molecule is Cn1ncc(C(=O)Nc2ccc3c(c2)C(=O)NC3=O)c1N. The molecule has 0 atom stereocenters. The average Bonchev–Trinajstić information content (AvgIpc) is 2.92. The summed E-state index contributed by atoms with van der Waals surface area (Å²) >= 11 is 0. The molecule has 106 valence electrons. The predicted molar refractivity (Wildman–Crippen MR) is 73.8 cm³/mol. The lowest BCUT2D eigenvalue weighted by Gasteiger charge is -2.05. The first-order valence-corrected chi connectivity index (χ1v) is 6.06. The third-order valence-electron chi connectivity index (χ3n) is 3.22. The maximum absolute atomic E-state index is 12.1. The van der Waals surface area contributed by atoms with Gasteiger partial charge in [-0.1, -0.05) is 0 Å². The minimum absolute atomic E-state index is 0.233. The lowest BCUT2D eigenvalue weighted by atomic mass is 10.1. The molecule has 8 nitrogen and oxygen atoms in total. The quantitative estimate of drug-likeness (QED) is 0.678. The summed E-state index contributed by atoms with van der Waals surface area (Å²) in [5.41, 5.74) is 6.87. The number of fused-ring (bicyclic) bond motifs is 1. The maximum atomic E-state index is 12.1. The summed E-state index contributed by atoms with van der Waals surface area (Å²) in [7, 11) is 1.62. The number of hydrogen-bond acceptors (Lipinski definition) is 5. The van der Waals surface area contributed by atoms with Crippen molar-refractivity contribution in [3.63, 3.8) is 0 Å². The Labute approximate surface area is 118 Å². The molecule has 0 radical (unpaired) electrons. The Morgan fingerprint density at radius 3 is 2.67 bits per heavy atom. The molecule has 0 saturated heterocycles. The second-order valence-corrected chi connectivity index (χ2v) is 4.56.